The van der Waals surface area contributed by atoms with E-state index in [2.05, 4.69) is 5.32 Å². The second-order valence-corrected chi connectivity index (χ2v) is 3.74. The zero-order valence-electron chi connectivity index (χ0n) is 9.26. The highest BCUT2D eigenvalue weighted by Crippen LogP contribution is 2.17. The van der Waals surface area contributed by atoms with Gasteiger partial charge in [-0.05, 0) is 12.0 Å². The van der Waals surface area contributed by atoms with E-state index >= 15 is 0 Å². The van der Waals surface area contributed by atoms with Crippen molar-refractivity contribution in [1.29, 1.82) is 0 Å². The van der Waals surface area contributed by atoms with Gasteiger partial charge in [0.2, 0.25) is 5.91 Å². The molecule has 1 rings (SSSR count). The average molecular weight is 223 g/mol. The smallest absolute Gasteiger partial charge is 0.217 e. The van der Waals surface area contributed by atoms with E-state index in [1.807, 2.05) is 30.3 Å². The van der Waals surface area contributed by atoms with Gasteiger partial charge >= 0.3 is 0 Å². The second kappa shape index (κ2) is 6.25. The van der Waals surface area contributed by atoms with Crippen LogP contribution in [-0.2, 0) is 4.79 Å². The number of nitrogens with one attached hydrogen (secondary N) is 1. The Hall–Kier alpha value is -1.39. The first-order valence-electron chi connectivity index (χ1n) is 5.24. The van der Waals surface area contributed by atoms with Gasteiger partial charge in [-0.2, -0.15) is 0 Å². The highest BCUT2D eigenvalue weighted by atomic mass is 16.3. The molecule has 0 radical (unpaired) electrons. The monoisotopic (exact) mass is 223 g/mol. The lowest BCUT2D eigenvalue weighted by Gasteiger charge is -2.19. The normalized spacial score (nSPS) is 14.2. The maximum atomic E-state index is 10.8. The fourth-order valence-electron chi connectivity index (χ4n) is 1.55. The first kappa shape index (κ1) is 12.7. The molecule has 1 aromatic rings. The Kier molecular flexibility index (Phi) is 4.95. The summed E-state index contributed by atoms with van der Waals surface area (Å²) < 4.78 is 0. The summed E-state index contributed by atoms with van der Waals surface area (Å²) in [5, 5.41) is 21.5. The molecule has 0 aromatic heterocycles. The predicted octanol–water partition coefficient (Wildman–Crippen LogP) is 0.607. The third-order valence-electron chi connectivity index (χ3n) is 2.32. The highest BCUT2D eigenvalue weighted by Gasteiger charge is 2.15. The summed E-state index contributed by atoms with van der Waals surface area (Å²) in [7, 11) is 0. The topological polar surface area (TPSA) is 69.6 Å². The second-order valence-electron chi connectivity index (χ2n) is 3.74. The number of carbonyl (C=O) groups is 1. The van der Waals surface area contributed by atoms with E-state index in [9.17, 15) is 9.90 Å². The largest absolute Gasteiger partial charge is 0.394 e. The number of carbonyl (C=O) groups excluding carboxylic acids is 1. The van der Waals surface area contributed by atoms with Crippen LogP contribution in [0.25, 0.3) is 0 Å². The third kappa shape index (κ3) is 4.00. The quantitative estimate of drug-likeness (QED) is 0.685. The van der Waals surface area contributed by atoms with Gasteiger partial charge in [0.25, 0.3) is 0 Å². The van der Waals surface area contributed by atoms with Crippen molar-refractivity contribution in [1.82, 2.24) is 5.32 Å². The van der Waals surface area contributed by atoms with Crippen molar-refractivity contribution in [3.63, 3.8) is 0 Å². The number of rotatable bonds is 5. The van der Waals surface area contributed by atoms with Crippen LogP contribution in [0.1, 0.15) is 25.0 Å². The number of aliphatic hydroxyl groups is 2. The molecular weight excluding hydrogens is 206 g/mol. The lowest BCUT2D eigenvalue weighted by Crippen LogP contribution is -2.37. The predicted molar refractivity (Wildman–Crippen MR) is 60.7 cm³/mol. The van der Waals surface area contributed by atoms with E-state index in [-0.39, 0.29) is 12.5 Å². The van der Waals surface area contributed by atoms with Gasteiger partial charge < -0.3 is 15.5 Å². The molecule has 0 fully saturated rings. The zero-order valence-corrected chi connectivity index (χ0v) is 9.26. The lowest BCUT2D eigenvalue weighted by molar-refractivity contribution is -0.120. The van der Waals surface area contributed by atoms with E-state index in [0.29, 0.717) is 6.42 Å². The number of hydrogen-bond acceptors (Lipinski definition) is 3. The minimum Gasteiger partial charge on any atom is -0.394 e. The van der Waals surface area contributed by atoms with Crippen molar-refractivity contribution < 1.29 is 15.0 Å². The summed E-state index contributed by atoms with van der Waals surface area (Å²) in [5.74, 6) is -0.209. The van der Waals surface area contributed by atoms with Crippen molar-refractivity contribution in [2.24, 2.45) is 0 Å². The molecule has 0 aliphatic rings. The SMILES string of the molecule is CC(=O)N[C@H](CO)C[C@@H](O)c1ccccc1. The Morgan fingerprint density at radius 2 is 2.00 bits per heavy atom. The molecule has 4 nitrogen and oxygen atoms in total. The van der Waals surface area contributed by atoms with Gasteiger partial charge in [-0.1, -0.05) is 30.3 Å². The Morgan fingerprint density at radius 1 is 1.38 bits per heavy atom. The molecule has 2 atom stereocenters. The lowest BCUT2D eigenvalue weighted by atomic mass is 10.0. The molecule has 16 heavy (non-hydrogen) atoms. The summed E-state index contributed by atoms with van der Waals surface area (Å²) in [4.78, 5) is 10.8. The average Bonchev–Trinajstić information content (AvgIpc) is 2.28. The first-order chi connectivity index (χ1) is 7.63. The van der Waals surface area contributed by atoms with Crippen LogP contribution in [-0.4, -0.2) is 28.8 Å². The van der Waals surface area contributed by atoms with Gasteiger partial charge in [-0.25, -0.2) is 0 Å². The van der Waals surface area contributed by atoms with Crippen LogP contribution >= 0.6 is 0 Å². The van der Waals surface area contributed by atoms with E-state index in [1.54, 1.807) is 0 Å². The van der Waals surface area contributed by atoms with E-state index in [1.165, 1.54) is 6.92 Å². The molecule has 0 saturated heterocycles. The van der Waals surface area contributed by atoms with Gasteiger partial charge in [0.1, 0.15) is 0 Å². The van der Waals surface area contributed by atoms with Crippen LogP contribution in [0.3, 0.4) is 0 Å². The summed E-state index contributed by atoms with van der Waals surface area (Å²) in [6.07, 6.45) is -0.370. The van der Waals surface area contributed by atoms with Crippen molar-refractivity contribution in [3.8, 4) is 0 Å². The molecule has 0 spiro atoms. The van der Waals surface area contributed by atoms with Crippen molar-refractivity contribution in [2.45, 2.75) is 25.5 Å². The van der Waals surface area contributed by atoms with Crippen molar-refractivity contribution >= 4 is 5.91 Å². The summed E-state index contributed by atoms with van der Waals surface area (Å²) >= 11 is 0. The Balaban J connectivity index is 2.55. The van der Waals surface area contributed by atoms with Gasteiger partial charge in [-0.15, -0.1) is 0 Å². The Bertz CT molecular complexity index is 326. The number of amides is 1. The fraction of sp³-hybridized carbons (Fsp3) is 0.417. The molecule has 0 unspecified atom stereocenters. The molecule has 0 heterocycles. The minimum atomic E-state index is -0.676. The fourth-order valence-corrected chi connectivity index (χ4v) is 1.55. The highest BCUT2D eigenvalue weighted by molar-refractivity contribution is 5.73. The molecule has 4 heteroatoms. The van der Waals surface area contributed by atoms with Crippen LogP contribution in [0.4, 0.5) is 0 Å². The van der Waals surface area contributed by atoms with Crippen LogP contribution < -0.4 is 5.32 Å². The van der Waals surface area contributed by atoms with Crippen molar-refractivity contribution in [2.75, 3.05) is 6.61 Å². The Morgan fingerprint density at radius 3 is 2.50 bits per heavy atom. The van der Waals surface area contributed by atoms with Gasteiger partial charge in [0, 0.05) is 6.92 Å². The molecule has 0 aliphatic carbocycles. The summed E-state index contributed by atoms with van der Waals surface area (Å²) in [5.41, 5.74) is 0.784. The van der Waals surface area contributed by atoms with Crippen LogP contribution in [0.5, 0.6) is 0 Å². The number of aliphatic hydroxyl groups excluding tert-OH is 2. The zero-order chi connectivity index (χ0) is 12.0. The number of hydrogen-bond donors (Lipinski definition) is 3. The summed E-state index contributed by atoms with van der Waals surface area (Å²) in [6.45, 7) is 1.21. The maximum absolute atomic E-state index is 10.8. The minimum absolute atomic E-state index is 0.177. The van der Waals surface area contributed by atoms with Crippen LogP contribution in [0.2, 0.25) is 0 Å². The van der Waals surface area contributed by atoms with Crippen LogP contribution in [0, 0.1) is 0 Å². The molecule has 1 aromatic carbocycles. The van der Waals surface area contributed by atoms with Gasteiger partial charge in [0.05, 0.1) is 18.8 Å². The molecule has 0 aliphatic heterocycles. The molecule has 3 N–H and O–H groups in total. The van der Waals surface area contributed by atoms with Crippen LogP contribution in [0.15, 0.2) is 30.3 Å². The maximum Gasteiger partial charge on any atom is 0.217 e. The molecule has 0 saturated carbocycles. The molecule has 88 valence electrons. The van der Waals surface area contributed by atoms with E-state index in [4.69, 9.17) is 5.11 Å². The van der Waals surface area contributed by atoms with Crippen molar-refractivity contribution in [3.05, 3.63) is 35.9 Å². The molecular formula is C12H17NO3. The molecule has 1 amide bonds. The first-order valence-corrected chi connectivity index (χ1v) is 5.24. The third-order valence-corrected chi connectivity index (χ3v) is 2.32. The van der Waals surface area contributed by atoms with Gasteiger partial charge in [0.15, 0.2) is 0 Å². The van der Waals surface area contributed by atoms with E-state index in [0.717, 1.165) is 5.56 Å². The Labute approximate surface area is 94.9 Å². The van der Waals surface area contributed by atoms with E-state index < -0.39 is 12.1 Å². The van der Waals surface area contributed by atoms with Gasteiger partial charge in [-0.3, -0.25) is 4.79 Å². The molecule has 0 bridgehead atoms. The standard InChI is InChI=1S/C12H17NO3/c1-9(15)13-11(8-14)7-12(16)10-5-3-2-4-6-10/h2-6,11-12,14,16H,7-8H2,1H3,(H,13,15)/t11-,12+/m0/s1. The summed E-state index contributed by atoms with van der Waals surface area (Å²) in [6, 6.07) is 8.76. The number of benzene rings is 1.